The van der Waals surface area contributed by atoms with Crippen LogP contribution in [0, 0.1) is 0 Å². The zero-order valence-electron chi connectivity index (χ0n) is 11.0. The highest BCUT2D eigenvalue weighted by atomic mass is 16.2. The van der Waals surface area contributed by atoms with Crippen LogP contribution in [0.15, 0.2) is 53.9 Å². The molecule has 0 atom stereocenters. The first kappa shape index (κ1) is 12.5. The summed E-state index contributed by atoms with van der Waals surface area (Å²) >= 11 is 0. The van der Waals surface area contributed by atoms with E-state index in [0.717, 1.165) is 30.5 Å². The van der Waals surface area contributed by atoms with Crippen LogP contribution in [0.25, 0.3) is 0 Å². The molecule has 100 valence electrons. The minimum Gasteiger partial charge on any atom is -0.267 e. The molecule has 20 heavy (non-hydrogen) atoms. The molecule has 2 aromatic rings. The number of hydrazone groups is 1. The molecule has 1 aliphatic carbocycles. The van der Waals surface area contributed by atoms with Gasteiger partial charge in [-0.3, -0.25) is 9.78 Å². The van der Waals surface area contributed by atoms with Crippen LogP contribution in [0.4, 0.5) is 0 Å². The highest BCUT2D eigenvalue weighted by Gasteiger charge is 2.15. The minimum absolute atomic E-state index is 0.206. The van der Waals surface area contributed by atoms with Crippen molar-refractivity contribution in [1.82, 2.24) is 10.4 Å². The third-order valence-corrected chi connectivity index (χ3v) is 3.42. The van der Waals surface area contributed by atoms with Crippen molar-refractivity contribution in [2.45, 2.75) is 19.3 Å². The lowest BCUT2D eigenvalue weighted by molar-refractivity contribution is 0.0954. The van der Waals surface area contributed by atoms with E-state index in [9.17, 15) is 4.79 Å². The van der Waals surface area contributed by atoms with E-state index < -0.39 is 0 Å². The van der Waals surface area contributed by atoms with Gasteiger partial charge in [-0.1, -0.05) is 24.3 Å². The Morgan fingerprint density at radius 1 is 1.10 bits per heavy atom. The molecule has 0 fully saturated rings. The smallest absolute Gasteiger partial charge is 0.267 e. The number of hydrogen-bond donors (Lipinski definition) is 1. The number of rotatable bonds is 2. The molecule has 1 aromatic heterocycles. The Morgan fingerprint density at radius 2 is 1.90 bits per heavy atom. The van der Waals surface area contributed by atoms with Crippen LogP contribution < -0.4 is 5.43 Å². The molecule has 0 saturated heterocycles. The Labute approximate surface area is 117 Å². The number of carbonyl (C=O) groups is 1. The van der Waals surface area contributed by atoms with Crippen LogP contribution in [-0.4, -0.2) is 16.6 Å². The van der Waals surface area contributed by atoms with Gasteiger partial charge in [0.05, 0.1) is 5.71 Å². The van der Waals surface area contributed by atoms with Gasteiger partial charge in [0.25, 0.3) is 5.91 Å². The number of pyridine rings is 1. The van der Waals surface area contributed by atoms with Gasteiger partial charge in [-0.25, -0.2) is 5.43 Å². The average molecular weight is 265 g/mol. The van der Waals surface area contributed by atoms with Crippen LogP contribution in [0.1, 0.15) is 34.3 Å². The molecular formula is C16H15N3O. The summed E-state index contributed by atoms with van der Waals surface area (Å²) in [5, 5.41) is 4.30. The summed E-state index contributed by atoms with van der Waals surface area (Å²) in [5.74, 6) is -0.206. The Hall–Kier alpha value is -2.49. The second-order valence-electron chi connectivity index (χ2n) is 4.75. The van der Waals surface area contributed by atoms with Crippen LogP contribution >= 0.6 is 0 Å². The van der Waals surface area contributed by atoms with Gasteiger partial charge in [-0.05, 0) is 37.0 Å². The number of hydrogen-bond acceptors (Lipinski definition) is 3. The lowest BCUT2D eigenvalue weighted by Crippen LogP contribution is -2.22. The predicted molar refractivity (Wildman–Crippen MR) is 77.6 cm³/mol. The highest BCUT2D eigenvalue weighted by Crippen LogP contribution is 2.21. The zero-order chi connectivity index (χ0) is 13.8. The van der Waals surface area contributed by atoms with E-state index in [0.29, 0.717) is 5.56 Å². The van der Waals surface area contributed by atoms with Gasteiger partial charge >= 0.3 is 0 Å². The Bertz CT molecular complexity index is 650. The van der Waals surface area contributed by atoms with E-state index in [1.165, 1.54) is 5.56 Å². The molecule has 1 amide bonds. The van der Waals surface area contributed by atoms with Crippen molar-refractivity contribution < 1.29 is 4.79 Å². The van der Waals surface area contributed by atoms with Gasteiger partial charge in [0.1, 0.15) is 0 Å². The molecule has 1 heterocycles. The molecule has 1 aliphatic rings. The number of amides is 1. The largest absolute Gasteiger partial charge is 0.271 e. The standard InChI is InChI=1S/C16H15N3O/c20-16(13-8-10-17-11-9-13)19-18-15-7-3-5-12-4-1-2-6-14(12)15/h1-2,4,6,8-11H,3,5,7H2,(H,19,20). The van der Waals surface area contributed by atoms with Gasteiger partial charge in [0.2, 0.25) is 0 Å². The zero-order valence-corrected chi connectivity index (χ0v) is 11.0. The molecule has 0 aliphatic heterocycles. The first-order valence-corrected chi connectivity index (χ1v) is 6.70. The van der Waals surface area contributed by atoms with Gasteiger partial charge < -0.3 is 0 Å². The van der Waals surface area contributed by atoms with E-state index in [1.807, 2.05) is 12.1 Å². The predicted octanol–water partition coefficient (Wildman–Crippen LogP) is 2.55. The van der Waals surface area contributed by atoms with Crippen molar-refractivity contribution in [1.29, 1.82) is 0 Å². The quantitative estimate of drug-likeness (QED) is 0.848. The fourth-order valence-corrected chi connectivity index (χ4v) is 2.40. The number of aromatic nitrogens is 1. The summed E-state index contributed by atoms with van der Waals surface area (Å²) in [5.41, 5.74) is 6.60. The molecule has 1 aromatic carbocycles. The van der Waals surface area contributed by atoms with Crippen molar-refractivity contribution in [3.63, 3.8) is 0 Å². The molecule has 0 saturated carbocycles. The number of carbonyl (C=O) groups excluding carboxylic acids is 1. The van der Waals surface area contributed by atoms with Gasteiger partial charge in [-0.15, -0.1) is 0 Å². The van der Waals surface area contributed by atoms with Crippen LogP contribution in [0.3, 0.4) is 0 Å². The normalized spacial score (nSPS) is 15.7. The lowest BCUT2D eigenvalue weighted by atomic mass is 9.90. The van der Waals surface area contributed by atoms with Gasteiger partial charge in [0, 0.05) is 23.5 Å². The van der Waals surface area contributed by atoms with Crippen molar-refractivity contribution >= 4 is 11.6 Å². The second-order valence-corrected chi connectivity index (χ2v) is 4.75. The summed E-state index contributed by atoms with van der Waals surface area (Å²) in [7, 11) is 0. The van der Waals surface area contributed by atoms with Crippen LogP contribution in [0.5, 0.6) is 0 Å². The SMILES string of the molecule is O=C(NN=C1CCCc2ccccc21)c1ccncc1. The third-order valence-electron chi connectivity index (χ3n) is 3.42. The Kier molecular flexibility index (Phi) is 3.54. The molecule has 0 bridgehead atoms. The number of nitrogens with zero attached hydrogens (tertiary/aromatic N) is 2. The molecule has 0 radical (unpaired) electrons. The maximum atomic E-state index is 12.0. The molecule has 4 heteroatoms. The number of nitrogens with one attached hydrogen (secondary N) is 1. The Balaban J connectivity index is 1.79. The first-order valence-electron chi connectivity index (χ1n) is 6.70. The lowest BCUT2D eigenvalue weighted by Gasteiger charge is -2.17. The molecular weight excluding hydrogens is 250 g/mol. The van der Waals surface area contributed by atoms with E-state index >= 15 is 0 Å². The summed E-state index contributed by atoms with van der Waals surface area (Å²) in [4.78, 5) is 15.8. The topological polar surface area (TPSA) is 54.4 Å². The van der Waals surface area contributed by atoms with Crippen molar-refractivity contribution in [2.75, 3.05) is 0 Å². The van der Waals surface area contributed by atoms with E-state index in [-0.39, 0.29) is 5.91 Å². The maximum absolute atomic E-state index is 12.0. The van der Waals surface area contributed by atoms with Crippen LogP contribution in [0.2, 0.25) is 0 Å². The molecule has 0 spiro atoms. The van der Waals surface area contributed by atoms with Crippen molar-refractivity contribution in [2.24, 2.45) is 5.10 Å². The maximum Gasteiger partial charge on any atom is 0.271 e. The summed E-state index contributed by atoms with van der Waals surface area (Å²) in [6, 6.07) is 11.6. The summed E-state index contributed by atoms with van der Waals surface area (Å²) in [6.45, 7) is 0. The second kappa shape index (κ2) is 5.65. The molecule has 3 rings (SSSR count). The van der Waals surface area contributed by atoms with E-state index in [4.69, 9.17) is 0 Å². The van der Waals surface area contributed by atoms with Crippen LogP contribution in [-0.2, 0) is 6.42 Å². The number of benzene rings is 1. The van der Waals surface area contributed by atoms with Gasteiger partial charge in [0.15, 0.2) is 0 Å². The Morgan fingerprint density at radius 3 is 2.75 bits per heavy atom. The monoisotopic (exact) mass is 265 g/mol. The van der Waals surface area contributed by atoms with E-state index in [1.54, 1.807) is 24.5 Å². The van der Waals surface area contributed by atoms with Crippen molar-refractivity contribution in [3.8, 4) is 0 Å². The average Bonchev–Trinajstić information content (AvgIpc) is 2.53. The molecule has 4 nitrogen and oxygen atoms in total. The van der Waals surface area contributed by atoms with Gasteiger partial charge in [-0.2, -0.15) is 5.10 Å². The minimum atomic E-state index is -0.206. The highest BCUT2D eigenvalue weighted by molar-refractivity contribution is 6.04. The fraction of sp³-hybridized carbons (Fsp3) is 0.188. The third kappa shape index (κ3) is 2.59. The molecule has 1 N–H and O–H groups in total. The fourth-order valence-electron chi connectivity index (χ4n) is 2.40. The first-order chi connectivity index (χ1) is 9.84. The number of aryl methyl sites for hydroxylation is 1. The number of fused-ring (bicyclic) bond motifs is 1. The molecule has 0 unspecified atom stereocenters. The summed E-state index contributed by atoms with van der Waals surface area (Å²) < 4.78 is 0. The van der Waals surface area contributed by atoms with Crippen molar-refractivity contribution in [3.05, 3.63) is 65.5 Å². The summed E-state index contributed by atoms with van der Waals surface area (Å²) in [6.07, 6.45) is 6.23. The van der Waals surface area contributed by atoms with E-state index in [2.05, 4.69) is 27.6 Å².